The van der Waals surface area contributed by atoms with Crippen LogP contribution in [0.5, 0.6) is 5.75 Å². The molecule has 0 saturated heterocycles. The monoisotopic (exact) mass is 182 g/mol. The van der Waals surface area contributed by atoms with Gasteiger partial charge in [-0.2, -0.15) is 0 Å². The second-order valence-corrected chi connectivity index (χ2v) is 3.25. The van der Waals surface area contributed by atoms with Crippen molar-refractivity contribution < 1.29 is 9.52 Å². The van der Waals surface area contributed by atoms with Crippen LogP contribution in [0.25, 0.3) is 0 Å². The van der Waals surface area contributed by atoms with Crippen LogP contribution < -0.4 is 5.63 Å². The van der Waals surface area contributed by atoms with E-state index in [0.29, 0.717) is 11.3 Å². The smallest absolute Gasteiger partial charge is 0.343 e. The molecule has 1 rings (SSSR count). The second-order valence-electron chi connectivity index (χ2n) is 3.25. The van der Waals surface area contributed by atoms with Gasteiger partial charge in [0.25, 0.3) is 0 Å². The number of hydrogen-bond donors (Lipinski definition) is 1. The molecule has 1 atom stereocenters. The van der Waals surface area contributed by atoms with Gasteiger partial charge in [0.1, 0.15) is 11.5 Å². The van der Waals surface area contributed by atoms with E-state index in [0.717, 1.165) is 6.42 Å². The lowest BCUT2D eigenvalue weighted by molar-refractivity contribution is 0.414. The minimum absolute atomic E-state index is 0.0387. The van der Waals surface area contributed by atoms with Gasteiger partial charge in [0.15, 0.2) is 0 Å². The molecule has 0 radical (unpaired) electrons. The molecule has 1 aromatic rings. The van der Waals surface area contributed by atoms with Gasteiger partial charge in [0, 0.05) is 6.07 Å². The number of rotatable bonds is 2. The van der Waals surface area contributed by atoms with Gasteiger partial charge in [-0.3, -0.25) is 0 Å². The van der Waals surface area contributed by atoms with Gasteiger partial charge in [-0.15, -0.1) is 0 Å². The fraction of sp³-hybridized carbons (Fsp3) is 0.500. The molecule has 0 aliphatic carbocycles. The van der Waals surface area contributed by atoms with Crippen molar-refractivity contribution >= 4 is 0 Å². The quantitative estimate of drug-likeness (QED) is 0.762. The Morgan fingerprint density at radius 3 is 2.69 bits per heavy atom. The first-order valence-electron chi connectivity index (χ1n) is 4.39. The van der Waals surface area contributed by atoms with E-state index < -0.39 is 5.63 Å². The number of aromatic hydroxyl groups is 1. The highest BCUT2D eigenvalue weighted by atomic mass is 16.4. The SMILES string of the molecule is CCC(C)c1c(O)cc(C)oc1=O. The maximum Gasteiger partial charge on any atom is 0.343 e. The first-order chi connectivity index (χ1) is 6.06. The van der Waals surface area contributed by atoms with Crippen LogP contribution in [0.4, 0.5) is 0 Å². The highest BCUT2D eigenvalue weighted by Gasteiger charge is 2.14. The van der Waals surface area contributed by atoms with E-state index in [1.54, 1.807) is 6.92 Å². The fourth-order valence-corrected chi connectivity index (χ4v) is 1.26. The Labute approximate surface area is 77.0 Å². The van der Waals surface area contributed by atoms with Crippen LogP contribution in [0.3, 0.4) is 0 Å². The highest BCUT2D eigenvalue weighted by molar-refractivity contribution is 5.32. The van der Waals surface area contributed by atoms with Gasteiger partial charge in [0.05, 0.1) is 5.56 Å². The Kier molecular flexibility index (Phi) is 2.76. The summed E-state index contributed by atoms with van der Waals surface area (Å²) in [7, 11) is 0. The molecule has 1 N–H and O–H groups in total. The Bertz CT molecular complexity index is 352. The van der Waals surface area contributed by atoms with Crippen molar-refractivity contribution in [2.45, 2.75) is 33.1 Å². The minimum atomic E-state index is -0.424. The second kappa shape index (κ2) is 3.64. The van der Waals surface area contributed by atoms with Crippen LogP contribution in [0.1, 0.15) is 37.5 Å². The van der Waals surface area contributed by atoms with Crippen LogP contribution >= 0.6 is 0 Å². The van der Waals surface area contributed by atoms with Gasteiger partial charge in [-0.05, 0) is 19.3 Å². The van der Waals surface area contributed by atoms with Crippen LogP contribution in [0, 0.1) is 6.92 Å². The normalized spacial score (nSPS) is 12.8. The molecule has 13 heavy (non-hydrogen) atoms. The molecule has 0 aliphatic heterocycles. The Morgan fingerprint density at radius 2 is 2.23 bits per heavy atom. The molecule has 0 aromatic carbocycles. The molecular formula is C10H14O3. The molecule has 72 valence electrons. The fourth-order valence-electron chi connectivity index (χ4n) is 1.26. The van der Waals surface area contributed by atoms with Crippen molar-refractivity contribution in [1.29, 1.82) is 0 Å². The average Bonchev–Trinajstić information content (AvgIpc) is 2.02. The number of hydrogen-bond acceptors (Lipinski definition) is 3. The first-order valence-corrected chi connectivity index (χ1v) is 4.39. The van der Waals surface area contributed by atoms with Gasteiger partial charge >= 0.3 is 5.63 Å². The largest absolute Gasteiger partial charge is 0.507 e. The minimum Gasteiger partial charge on any atom is -0.507 e. The van der Waals surface area contributed by atoms with Crippen molar-refractivity contribution in [2.24, 2.45) is 0 Å². The summed E-state index contributed by atoms with van der Waals surface area (Å²) in [6.07, 6.45) is 0.807. The zero-order valence-corrected chi connectivity index (χ0v) is 8.13. The Morgan fingerprint density at radius 1 is 1.62 bits per heavy atom. The lowest BCUT2D eigenvalue weighted by Gasteiger charge is -2.08. The van der Waals surface area contributed by atoms with Crippen LogP contribution in [-0.4, -0.2) is 5.11 Å². The van der Waals surface area contributed by atoms with Crippen molar-refractivity contribution in [1.82, 2.24) is 0 Å². The van der Waals surface area contributed by atoms with Gasteiger partial charge in [-0.25, -0.2) is 4.79 Å². The summed E-state index contributed by atoms with van der Waals surface area (Å²) >= 11 is 0. The van der Waals surface area contributed by atoms with E-state index in [1.165, 1.54) is 6.07 Å². The van der Waals surface area contributed by atoms with E-state index >= 15 is 0 Å². The summed E-state index contributed by atoms with van der Waals surface area (Å²) in [5, 5.41) is 9.51. The molecule has 1 aromatic heterocycles. The maximum absolute atomic E-state index is 11.3. The summed E-state index contributed by atoms with van der Waals surface area (Å²) in [4.78, 5) is 11.3. The van der Waals surface area contributed by atoms with E-state index in [9.17, 15) is 9.90 Å². The standard InChI is InChI=1S/C10H14O3/c1-4-6(2)9-8(11)5-7(3)13-10(9)12/h5-6,11H,4H2,1-3H3. The van der Waals surface area contributed by atoms with E-state index in [-0.39, 0.29) is 11.7 Å². The zero-order chi connectivity index (χ0) is 10.0. The van der Waals surface area contributed by atoms with Crippen LogP contribution in [0.2, 0.25) is 0 Å². The topological polar surface area (TPSA) is 50.4 Å². The van der Waals surface area contributed by atoms with E-state index in [2.05, 4.69) is 0 Å². The zero-order valence-electron chi connectivity index (χ0n) is 8.13. The molecule has 0 spiro atoms. The van der Waals surface area contributed by atoms with Crippen molar-refractivity contribution in [3.8, 4) is 5.75 Å². The summed E-state index contributed by atoms with van der Waals surface area (Å²) in [6.45, 7) is 5.49. The molecule has 0 bridgehead atoms. The molecule has 0 amide bonds. The molecule has 1 unspecified atom stereocenters. The van der Waals surface area contributed by atoms with Gasteiger partial charge in [-0.1, -0.05) is 13.8 Å². The first kappa shape index (κ1) is 9.84. The third-order valence-corrected chi connectivity index (χ3v) is 2.19. The molecular weight excluding hydrogens is 168 g/mol. The molecule has 0 aliphatic rings. The Hall–Kier alpha value is -1.25. The molecule has 0 saturated carbocycles. The summed E-state index contributed by atoms with van der Waals surface area (Å²) in [5.41, 5.74) is -0.0417. The molecule has 0 fully saturated rings. The van der Waals surface area contributed by atoms with Crippen molar-refractivity contribution in [2.75, 3.05) is 0 Å². The summed E-state index contributed by atoms with van der Waals surface area (Å²) in [5.74, 6) is 0.523. The van der Waals surface area contributed by atoms with Crippen LogP contribution in [-0.2, 0) is 0 Å². The third-order valence-electron chi connectivity index (χ3n) is 2.19. The van der Waals surface area contributed by atoms with E-state index in [1.807, 2.05) is 13.8 Å². The summed E-state index contributed by atoms with van der Waals surface area (Å²) < 4.78 is 4.90. The molecule has 1 heterocycles. The lowest BCUT2D eigenvalue weighted by Crippen LogP contribution is -2.10. The predicted molar refractivity (Wildman–Crippen MR) is 50.1 cm³/mol. The Balaban J connectivity index is 3.29. The summed E-state index contributed by atoms with van der Waals surface area (Å²) in [6, 6.07) is 1.48. The number of aryl methyl sites for hydroxylation is 1. The molecule has 3 heteroatoms. The third kappa shape index (κ3) is 1.91. The predicted octanol–water partition coefficient (Wildman–Crippen LogP) is 2.17. The highest BCUT2D eigenvalue weighted by Crippen LogP contribution is 2.24. The van der Waals surface area contributed by atoms with Crippen LogP contribution in [0.15, 0.2) is 15.3 Å². The van der Waals surface area contributed by atoms with Gasteiger partial charge in [0.2, 0.25) is 0 Å². The van der Waals surface area contributed by atoms with E-state index in [4.69, 9.17) is 4.42 Å². The van der Waals surface area contributed by atoms with Crippen molar-refractivity contribution in [3.05, 3.63) is 27.8 Å². The van der Waals surface area contributed by atoms with Gasteiger partial charge < -0.3 is 9.52 Å². The maximum atomic E-state index is 11.3. The molecule has 3 nitrogen and oxygen atoms in total. The average molecular weight is 182 g/mol. The van der Waals surface area contributed by atoms with Crippen molar-refractivity contribution in [3.63, 3.8) is 0 Å². The lowest BCUT2D eigenvalue weighted by atomic mass is 10.00.